The van der Waals surface area contributed by atoms with Crippen LogP contribution in [0.4, 0.5) is 4.39 Å². The van der Waals surface area contributed by atoms with Crippen molar-refractivity contribution in [2.24, 2.45) is 0 Å². The molecule has 0 atom stereocenters. The van der Waals surface area contributed by atoms with Gasteiger partial charge < -0.3 is 0 Å². The Balaban J connectivity index is 1.98. The molecule has 1 N–H and O–H groups in total. The number of carbonyl (C=O) groups is 1. The number of hydrogen-bond donors (Lipinski definition) is 1. The van der Waals surface area contributed by atoms with Gasteiger partial charge in [-0.2, -0.15) is 0 Å². The molecule has 1 amide bonds. The molecule has 0 aliphatic rings. The lowest BCUT2D eigenvalue weighted by Crippen LogP contribution is -2.31. The van der Waals surface area contributed by atoms with Crippen LogP contribution in [0.5, 0.6) is 0 Å². The highest BCUT2D eigenvalue weighted by molar-refractivity contribution is 7.90. The number of sulfonamides is 1. The second-order valence-electron chi connectivity index (χ2n) is 6.92. The van der Waals surface area contributed by atoms with Crippen LogP contribution in [0.3, 0.4) is 0 Å². The Labute approximate surface area is 167 Å². The van der Waals surface area contributed by atoms with Crippen LogP contribution in [0.25, 0.3) is 0 Å². The molecule has 0 unspecified atom stereocenters. The molecule has 0 bridgehead atoms. The molecule has 2 rings (SSSR count). The fourth-order valence-corrected chi connectivity index (χ4v) is 4.10. The van der Waals surface area contributed by atoms with Crippen LogP contribution in [0.2, 0.25) is 0 Å². The molecule has 0 aromatic heterocycles. The molecule has 0 heterocycles. The Kier molecular flexibility index (Phi) is 8.64. The predicted octanol–water partition coefficient (Wildman–Crippen LogP) is 5.24. The molecule has 0 saturated heterocycles. The lowest BCUT2D eigenvalue weighted by Gasteiger charge is -2.11. The lowest BCUT2D eigenvalue weighted by molar-refractivity contribution is 0.0980. The summed E-state index contributed by atoms with van der Waals surface area (Å²) in [6, 6.07) is 11.6. The first-order chi connectivity index (χ1) is 13.4. The highest BCUT2D eigenvalue weighted by Crippen LogP contribution is 2.16. The standard InChI is InChI=1S/C22H28FNO3S/c1-2-3-4-5-6-7-8-12-18-13-9-10-16-21(18)22(25)24-28(26,27)20-15-11-14-19(23)17-20/h9-11,13-17H,2-8,12H2,1H3,(H,24,25). The van der Waals surface area contributed by atoms with E-state index in [1.165, 1.54) is 44.2 Å². The van der Waals surface area contributed by atoms with Gasteiger partial charge in [-0.1, -0.05) is 69.7 Å². The van der Waals surface area contributed by atoms with Crippen LogP contribution < -0.4 is 4.72 Å². The topological polar surface area (TPSA) is 63.2 Å². The number of carbonyl (C=O) groups excluding carboxylic acids is 1. The van der Waals surface area contributed by atoms with E-state index in [9.17, 15) is 17.6 Å². The lowest BCUT2D eigenvalue weighted by atomic mass is 10.00. The van der Waals surface area contributed by atoms with E-state index in [-0.39, 0.29) is 4.90 Å². The minimum Gasteiger partial charge on any atom is -0.268 e. The van der Waals surface area contributed by atoms with Gasteiger partial charge in [0.05, 0.1) is 4.90 Å². The van der Waals surface area contributed by atoms with Crippen molar-refractivity contribution < 1.29 is 17.6 Å². The first-order valence-corrected chi connectivity index (χ1v) is 11.3. The van der Waals surface area contributed by atoms with Crippen molar-refractivity contribution in [3.8, 4) is 0 Å². The summed E-state index contributed by atoms with van der Waals surface area (Å²) in [6.07, 6.45) is 8.90. The summed E-state index contributed by atoms with van der Waals surface area (Å²) < 4.78 is 40.1. The number of halogens is 1. The molecule has 0 aliphatic heterocycles. The predicted molar refractivity (Wildman–Crippen MR) is 109 cm³/mol. The fraction of sp³-hybridized carbons (Fsp3) is 0.409. The van der Waals surface area contributed by atoms with Crippen LogP contribution in [-0.2, 0) is 16.4 Å². The second-order valence-corrected chi connectivity index (χ2v) is 8.60. The molecule has 0 radical (unpaired) electrons. The average molecular weight is 406 g/mol. The molecular weight excluding hydrogens is 377 g/mol. The largest absolute Gasteiger partial charge is 0.268 e. The van der Waals surface area contributed by atoms with Crippen molar-refractivity contribution >= 4 is 15.9 Å². The summed E-state index contributed by atoms with van der Waals surface area (Å²) in [6.45, 7) is 2.19. The molecule has 0 aliphatic carbocycles. The molecular formula is C22H28FNO3S. The normalized spacial score (nSPS) is 11.4. The van der Waals surface area contributed by atoms with Gasteiger partial charge in [0, 0.05) is 5.56 Å². The minimum atomic E-state index is -4.12. The first kappa shape index (κ1) is 22.1. The second kappa shape index (κ2) is 11.0. The molecule has 0 saturated carbocycles. The van der Waals surface area contributed by atoms with Crippen LogP contribution in [0.1, 0.15) is 67.8 Å². The monoisotopic (exact) mass is 405 g/mol. The van der Waals surface area contributed by atoms with Gasteiger partial charge in [0.1, 0.15) is 5.82 Å². The van der Waals surface area contributed by atoms with E-state index in [0.29, 0.717) is 5.56 Å². The van der Waals surface area contributed by atoms with Gasteiger partial charge in [0.15, 0.2) is 0 Å². The number of rotatable bonds is 11. The van der Waals surface area contributed by atoms with Gasteiger partial charge in [0.25, 0.3) is 15.9 Å². The number of aryl methyl sites for hydroxylation is 1. The van der Waals surface area contributed by atoms with Crippen LogP contribution >= 0.6 is 0 Å². The summed E-state index contributed by atoms with van der Waals surface area (Å²) in [7, 11) is -4.12. The van der Waals surface area contributed by atoms with Gasteiger partial charge in [0.2, 0.25) is 0 Å². The number of nitrogens with one attached hydrogen (secondary N) is 1. The number of amides is 1. The third-order valence-corrected chi connectivity index (χ3v) is 5.97. The third-order valence-electron chi connectivity index (χ3n) is 4.65. The fourth-order valence-electron chi connectivity index (χ4n) is 3.10. The van der Waals surface area contributed by atoms with Crippen molar-refractivity contribution in [3.05, 3.63) is 65.5 Å². The zero-order chi connectivity index (χ0) is 20.4. The summed E-state index contributed by atoms with van der Waals surface area (Å²) in [4.78, 5) is 12.3. The van der Waals surface area contributed by atoms with Crippen molar-refractivity contribution in [1.29, 1.82) is 0 Å². The molecule has 28 heavy (non-hydrogen) atoms. The Hall–Kier alpha value is -2.21. The minimum absolute atomic E-state index is 0.273. The van der Waals surface area contributed by atoms with Gasteiger partial charge in [-0.25, -0.2) is 17.5 Å². The third kappa shape index (κ3) is 6.75. The summed E-state index contributed by atoms with van der Waals surface area (Å²) >= 11 is 0. The number of unbranched alkanes of at least 4 members (excludes halogenated alkanes) is 6. The van der Waals surface area contributed by atoms with E-state index < -0.39 is 21.7 Å². The van der Waals surface area contributed by atoms with E-state index >= 15 is 0 Å². The number of hydrogen-bond acceptors (Lipinski definition) is 3. The van der Waals surface area contributed by atoms with E-state index in [1.807, 2.05) is 16.9 Å². The highest BCUT2D eigenvalue weighted by Gasteiger charge is 2.20. The van der Waals surface area contributed by atoms with E-state index in [2.05, 4.69) is 6.92 Å². The number of benzene rings is 2. The zero-order valence-electron chi connectivity index (χ0n) is 16.3. The summed E-state index contributed by atoms with van der Waals surface area (Å²) in [5.74, 6) is -1.36. The Morgan fingerprint density at radius 3 is 2.32 bits per heavy atom. The van der Waals surface area contributed by atoms with Crippen molar-refractivity contribution in [2.75, 3.05) is 0 Å². The quantitative estimate of drug-likeness (QED) is 0.520. The highest BCUT2D eigenvalue weighted by atomic mass is 32.2. The van der Waals surface area contributed by atoms with Gasteiger partial charge in [-0.15, -0.1) is 0 Å². The molecule has 152 valence electrons. The molecule has 2 aromatic rings. The van der Waals surface area contributed by atoms with Crippen LogP contribution in [0, 0.1) is 5.82 Å². The smallest absolute Gasteiger partial charge is 0.265 e. The van der Waals surface area contributed by atoms with Crippen molar-refractivity contribution in [1.82, 2.24) is 4.72 Å². The van der Waals surface area contributed by atoms with Crippen LogP contribution in [-0.4, -0.2) is 14.3 Å². The Bertz CT molecular complexity index is 881. The SMILES string of the molecule is CCCCCCCCCc1ccccc1C(=O)NS(=O)(=O)c1cccc(F)c1. The van der Waals surface area contributed by atoms with Gasteiger partial charge in [-0.05, 0) is 42.7 Å². The van der Waals surface area contributed by atoms with Gasteiger partial charge in [-0.3, -0.25) is 4.79 Å². The molecule has 0 spiro atoms. The van der Waals surface area contributed by atoms with E-state index in [1.54, 1.807) is 12.1 Å². The van der Waals surface area contributed by atoms with E-state index in [4.69, 9.17) is 0 Å². The van der Waals surface area contributed by atoms with Crippen LogP contribution in [0.15, 0.2) is 53.4 Å². The Morgan fingerprint density at radius 1 is 0.929 bits per heavy atom. The molecule has 6 heteroatoms. The maximum atomic E-state index is 13.3. The van der Waals surface area contributed by atoms with Crippen molar-refractivity contribution in [3.63, 3.8) is 0 Å². The van der Waals surface area contributed by atoms with Gasteiger partial charge >= 0.3 is 0 Å². The first-order valence-electron chi connectivity index (χ1n) is 9.84. The molecule has 2 aromatic carbocycles. The van der Waals surface area contributed by atoms with E-state index in [0.717, 1.165) is 37.0 Å². The van der Waals surface area contributed by atoms with Crippen molar-refractivity contribution in [2.45, 2.75) is 63.2 Å². The molecule has 4 nitrogen and oxygen atoms in total. The average Bonchev–Trinajstić information content (AvgIpc) is 2.67. The molecule has 0 fully saturated rings. The maximum absolute atomic E-state index is 13.3. The maximum Gasteiger partial charge on any atom is 0.265 e. The summed E-state index contributed by atoms with van der Waals surface area (Å²) in [5.41, 5.74) is 1.16. The summed E-state index contributed by atoms with van der Waals surface area (Å²) in [5, 5.41) is 0. The Morgan fingerprint density at radius 2 is 1.61 bits per heavy atom. The zero-order valence-corrected chi connectivity index (χ0v) is 17.1.